The minimum atomic E-state index is -0.778. The number of ether oxygens (including phenoxy) is 3. The molecule has 0 saturated heterocycles. The van der Waals surface area contributed by atoms with E-state index in [0.717, 1.165) is 116 Å². The molecule has 1 atom stereocenters. The van der Waals surface area contributed by atoms with E-state index in [1.807, 2.05) is 0 Å². The Balaban J connectivity index is 4.04. The largest absolute Gasteiger partial charge is 0.462 e. The monoisotopic (exact) mass is 1100 g/mol. The predicted molar refractivity (Wildman–Crippen MR) is 344 cm³/mol. The molecule has 0 aliphatic carbocycles. The first-order chi connectivity index (χ1) is 39.0. The zero-order chi connectivity index (χ0) is 57.1. The van der Waals surface area contributed by atoms with Gasteiger partial charge in [-0.25, -0.2) is 0 Å². The van der Waals surface area contributed by atoms with Gasteiger partial charge in [0, 0.05) is 19.3 Å². The van der Waals surface area contributed by atoms with E-state index in [0.29, 0.717) is 19.3 Å². The molecule has 0 aliphatic rings. The van der Waals surface area contributed by atoms with E-state index in [9.17, 15) is 14.4 Å². The molecule has 0 radical (unpaired) electrons. The number of rotatable bonds is 63. The van der Waals surface area contributed by atoms with Crippen molar-refractivity contribution in [1.29, 1.82) is 0 Å². The number of hydrogen-bond donors (Lipinski definition) is 0. The van der Waals surface area contributed by atoms with Gasteiger partial charge in [-0.15, -0.1) is 0 Å². The highest BCUT2D eigenvalue weighted by molar-refractivity contribution is 5.71. The van der Waals surface area contributed by atoms with Crippen LogP contribution in [0.5, 0.6) is 0 Å². The molecule has 0 aromatic carbocycles. The Kier molecular flexibility index (Phi) is 64.7. The Bertz CT molecular complexity index is 1450. The summed E-state index contributed by atoms with van der Waals surface area (Å²) in [6.07, 6.45) is 88.0. The maximum absolute atomic E-state index is 12.9. The molecule has 0 spiro atoms. The van der Waals surface area contributed by atoms with E-state index >= 15 is 0 Å². The molecule has 6 heteroatoms. The van der Waals surface area contributed by atoms with Crippen LogP contribution in [0.1, 0.15) is 355 Å². The highest BCUT2D eigenvalue weighted by atomic mass is 16.6. The molecule has 0 fully saturated rings. The molecular formula is C73H130O6. The van der Waals surface area contributed by atoms with Crippen LogP contribution in [0.3, 0.4) is 0 Å². The average molecular weight is 1100 g/mol. The zero-order valence-electron chi connectivity index (χ0n) is 52.6. The van der Waals surface area contributed by atoms with Crippen LogP contribution in [-0.4, -0.2) is 37.2 Å². The average Bonchev–Trinajstić information content (AvgIpc) is 3.45. The Hall–Kier alpha value is -3.15. The van der Waals surface area contributed by atoms with E-state index in [1.54, 1.807) is 0 Å². The van der Waals surface area contributed by atoms with Crippen LogP contribution in [-0.2, 0) is 28.6 Å². The fourth-order valence-corrected chi connectivity index (χ4v) is 10.1. The number of unbranched alkanes of at least 4 members (excludes halogenated alkanes) is 40. The summed E-state index contributed by atoms with van der Waals surface area (Å²) in [6, 6.07) is 0. The van der Waals surface area contributed by atoms with Crippen LogP contribution >= 0.6 is 0 Å². The number of esters is 3. The highest BCUT2D eigenvalue weighted by Crippen LogP contribution is 2.18. The zero-order valence-corrected chi connectivity index (χ0v) is 52.6. The number of carbonyl (C=O) groups is 3. The van der Waals surface area contributed by atoms with Gasteiger partial charge in [0.2, 0.25) is 0 Å². The van der Waals surface area contributed by atoms with Crippen molar-refractivity contribution in [2.24, 2.45) is 0 Å². The quantitative estimate of drug-likeness (QED) is 0.0261. The molecule has 0 rings (SSSR count). The van der Waals surface area contributed by atoms with Crippen LogP contribution in [0.4, 0.5) is 0 Å². The van der Waals surface area contributed by atoms with E-state index in [1.165, 1.54) is 199 Å². The molecule has 0 saturated carbocycles. The standard InChI is InChI=1S/C73H130O6/c1-4-7-10-13-16-19-22-25-26-27-28-29-30-31-32-33-34-35-36-37-38-39-40-41-42-43-44-45-46-49-51-54-57-60-63-66-72(75)78-69-70(79-73(76)67-64-61-58-55-52-48-24-21-18-15-12-9-6-3)68-77-71(74)65-62-59-56-53-50-47-23-20-17-14-11-8-5-2/h7,10,12,15-16,19,21,24-26,28-29,70H,4-6,8-9,11,13-14,17-18,20,22-23,27,30-69H2,1-3H3/b10-7-,15-12-,19-16-,24-21-,26-25-,29-28-. The summed E-state index contributed by atoms with van der Waals surface area (Å²) in [5.74, 6) is -0.869. The summed E-state index contributed by atoms with van der Waals surface area (Å²) in [5.41, 5.74) is 0. The van der Waals surface area contributed by atoms with Crippen molar-refractivity contribution in [3.63, 3.8) is 0 Å². The summed E-state index contributed by atoms with van der Waals surface area (Å²) in [5, 5.41) is 0. The predicted octanol–water partition coefficient (Wildman–Crippen LogP) is 23.7. The van der Waals surface area contributed by atoms with Crippen molar-refractivity contribution >= 4 is 17.9 Å². The van der Waals surface area contributed by atoms with Gasteiger partial charge in [-0.2, -0.15) is 0 Å². The first-order valence-electron chi connectivity index (χ1n) is 34.4. The van der Waals surface area contributed by atoms with Gasteiger partial charge in [0.05, 0.1) is 0 Å². The van der Waals surface area contributed by atoms with Crippen molar-refractivity contribution in [1.82, 2.24) is 0 Å². The Morgan fingerprint density at radius 3 is 0.823 bits per heavy atom. The molecule has 0 N–H and O–H groups in total. The smallest absolute Gasteiger partial charge is 0.306 e. The SMILES string of the molecule is CC/C=C\C/C=C\C/C=C\C/C=C\CCCCCCCCCCCCCCCCCCCCCCCCC(=O)OCC(COC(=O)CCCCCCCCCCCCCCC)OC(=O)CCCCCCC/C=C\C/C=C\CCC. The lowest BCUT2D eigenvalue weighted by Crippen LogP contribution is -2.30. The first-order valence-corrected chi connectivity index (χ1v) is 34.4. The molecule has 0 aromatic heterocycles. The third kappa shape index (κ3) is 65.5. The van der Waals surface area contributed by atoms with Crippen molar-refractivity contribution in [2.45, 2.75) is 361 Å². The summed E-state index contributed by atoms with van der Waals surface area (Å²) >= 11 is 0. The third-order valence-electron chi connectivity index (χ3n) is 15.2. The minimum absolute atomic E-state index is 0.0749. The van der Waals surface area contributed by atoms with Gasteiger partial charge in [0.25, 0.3) is 0 Å². The van der Waals surface area contributed by atoms with Crippen molar-refractivity contribution < 1.29 is 28.6 Å². The van der Waals surface area contributed by atoms with Gasteiger partial charge in [0.1, 0.15) is 13.2 Å². The normalized spacial score (nSPS) is 12.5. The Labute approximate surface area is 491 Å². The second kappa shape index (κ2) is 67.4. The molecule has 0 bridgehead atoms. The first kappa shape index (κ1) is 75.8. The molecule has 458 valence electrons. The second-order valence-corrected chi connectivity index (χ2v) is 23.1. The fraction of sp³-hybridized carbons (Fsp3) is 0.795. The molecule has 0 amide bonds. The van der Waals surface area contributed by atoms with E-state index in [4.69, 9.17) is 14.2 Å². The Morgan fingerprint density at radius 1 is 0.266 bits per heavy atom. The van der Waals surface area contributed by atoms with Gasteiger partial charge in [0.15, 0.2) is 6.10 Å². The maximum Gasteiger partial charge on any atom is 0.306 e. The number of hydrogen-bond acceptors (Lipinski definition) is 6. The van der Waals surface area contributed by atoms with Crippen molar-refractivity contribution in [3.8, 4) is 0 Å². The lowest BCUT2D eigenvalue weighted by atomic mass is 10.0. The molecule has 1 unspecified atom stereocenters. The number of carbonyl (C=O) groups excluding carboxylic acids is 3. The number of allylic oxidation sites excluding steroid dienone is 12. The molecule has 0 heterocycles. The van der Waals surface area contributed by atoms with E-state index in [-0.39, 0.29) is 31.1 Å². The molecule has 0 aromatic rings. The fourth-order valence-electron chi connectivity index (χ4n) is 10.1. The molecule has 0 aliphatic heterocycles. The third-order valence-corrected chi connectivity index (χ3v) is 15.2. The summed E-state index contributed by atoms with van der Waals surface area (Å²) in [4.78, 5) is 38.3. The maximum atomic E-state index is 12.9. The highest BCUT2D eigenvalue weighted by Gasteiger charge is 2.19. The summed E-state index contributed by atoms with van der Waals surface area (Å²) < 4.78 is 16.9. The van der Waals surface area contributed by atoms with Gasteiger partial charge in [-0.1, -0.05) is 325 Å². The van der Waals surface area contributed by atoms with Gasteiger partial charge in [-0.3, -0.25) is 14.4 Å². The molecule has 6 nitrogen and oxygen atoms in total. The minimum Gasteiger partial charge on any atom is -0.462 e. The lowest BCUT2D eigenvalue weighted by molar-refractivity contribution is -0.167. The summed E-state index contributed by atoms with van der Waals surface area (Å²) in [7, 11) is 0. The van der Waals surface area contributed by atoms with Gasteiger partial charge < -0.3 is 14.2 Å². The van der Waals surface area contributed by atoms with Crippen LogP contribution in [0.2, 0.25) is 0 Å². The van der Waals surface area contributed by atoms with Crippen molar-refractivity contribution in [3.05, 3.63) is 72.9 Å². The van der Waals surface area contributed by atoms with E-state index < -0.39 is 6.10 Å². The topological polar surface area (TPSA) is 78.9 Å². The van der Waals surface area contributed by atoms with Crippen LogP contribution in [0.25, 0.3) is 0 Å². The van der Waals surface area contributed by atoms with Gasteiger partial charge in [-0.05, 0) is 83.5 Å². The lowest BCUT2D eigenvalue weighted by Gasteiger charge is -2.18. The Morgan fingerprint density at radius 2 is 0.519 bits per heavy atom. The molecular weight excluding hydrogens is 973 g/mol. The molecule has 79 heavy (non-hydrogen) atoms. The van der Waals surface area contributed by atoms with Crippen LogP contribution in [0.15, 0.2) is 72.9 Å². The summed E-state index contributed by atoms with van der Waals surface area (Å²) in [6.45, 7) is 6.49. The second-order valence-electron chi connectivity index (χ2n) is 23.1. The van der Waals surface area contributed by atoms with Crippen molar-refractivity contribution in [2.75, 3.05) is 13.2 Å². The van der Waals surface area contributed by atoms with Crippen LogP contribution < -0.4 is 0 Å². The van der Waals surface area contributed by atoms with E-state index in [2.05, 4.69) is 93.7 Å². The van der Waals surface area contributed by atoms with Gasteiger partial charge >= 0.3 is 17.9 Å². The van der Waals surface area contributed by atoms with Crippen LogP contribution in [0, 0.1) is 0 Å².